The van der Waals surface area contributed by atoms with Crippen molar-refractivity contribution in [2.45, 2.75) is 53.1 Å². The number of hydrogen-bond donors (Lipinski definition) is 1. The minimum Gasteiger partial charge on any atom is -0.341 e. The van der Waals surface area contributed by atoms with Crippen LogP contribution < -0.4 is 5.73 Å². The summed E-state index contributed by atoms with van der Waals surface area (Å²) in [4.78, 5) is 13.8. The van der Waals surface area contributed by atoms with Gasteiger partial charge >= 0.3 is 0 Å². The quantitative estimate of drug-likeness (QED) is 0.907. The number of amides is 1. The lowest BCUT2D eigenvalue weighted by atomic mass is 9.99. The maximum absolute atomic E-state index is 12.1. The molecule has 0 aliphatic rings. The van der Waals surface area contributed by atoms with E-state index in [9.17, 15) is 4.79 Å². The number of nitrogens with two attached hydrogens (primary N) is 1. The first-order valence-corrected chi connectivity index (χ1v) is 6.70. The van der Waals surface area contributed by atoms with Crippen LogP contribution in [0, 0.1) is 20.8 Å². The molecular weight excluding hydrogens is 236 g/mol. The van der Waals surface area contributed by atoms with Crippen LogP contribution in [0.25, 0.3) is 0 Å². The number of benzene rings is 1. The lowest BCUT2D eigenvalue weighted by Crippen LogP contribution is -2.39. The van der Waals surface area contributed by atoms with Crippen molar-refractivity contribution in [3.63, 3.8) is 0 Å². The number of nitrogens with zero attached hydrogens (tertiary/aromatic N) is 1. The number of carbonyl (C=O) groups excluding carboxylic acids is 1. The summed E-state index contributed by atoms with van der Waals surface area (Å²) in [6.45, 7) is 10.7. The van der Waals surface area contributed by atoms with E-state index in [2.05, 4.69) is 32.9 Å². The van der Waals surface area contributed by atoms with Crippen LogP contribution in [-0.2, 0) is 11.3 Å². The van der Waals surface area contributed by atoms with Gasteiger partial charge in [0, 0.05) is 25.6 Å². The van der Waals surface area contributed by atoms with Crippen LogP contribution in [0.5, 0.6) is 0 Å². The average Bonchev–Trinajstić information content (AvgIpc) is 2.23. The molecule has 0 fully saturated rings. The van der Waals surface area contributed by atoms with E-state index in [1.165, 1.54) is 22.3 Å². The molecule has 1 rings (SSSR count). The second-order valence-electron chi connectivity index (χ2n) is 6.28. The molecule has 1 aromatic carbocycles. The Bertz CT molecular complexity index is 472. The van der Waals surface area contributed by atoms with Crippen LogP contribution in [0.1, 0.15) is 42.5 Å². The van der Waals surface area contributed by atoms with Gasteiger partial charge in [-0.05, 0) is 56.9 Å². The van der Waals surface area contributed by atoms with E-state index in [0.29, 0.717) is 13.0 Å². The van der Waals surface area contributed by atoms with Crippen molar-refractivity contribution in [2.24, 2.45) is 5.73 Å². The maximum atomic E-state index is 12.1. The van der Waals surface area contributed by atoms with Gasteiger partial charge in [0.05, 0.1) is 0 Å². The Labute approximate surface area is 116 Å². The molecule has 0 aliphatic heterocycles. The minimum absolute atomic E-state index is 0.0881. The van der Waals surface area contributed by atoms with Gasteiger partial charge in [0.1, 0.15) is 0 Å². The highest BCUT2D eigenvalue weighted by Gasteiger charge is 2.19. The molecule has 0 saturated carbocycles. The second kappa shape index (κ2) is 5.74. The van der Waals surface area contributed by atoms with Gasteiger partial charge in [-0.2, -0.15) is 0 Å². The normalized spacial score (nSPS) is 11.5. The zero-order valence-electron chi connectivity index (χ0n) is 13.0. The highest BCUT2D eigenvalue weighted by Crippen LogP contribution is 2.17. The van der Waals surface area contributed by atoms with Crippen LogP contribution in [0.4, 0.5) is 0 Å². The molecule has 106 valence electrons. The van der Waals surface area contributed by atoms with E-state index in [4.69, 9.17) is 5.73 Å². The molecule has 0 bridgehead atoms. The first kappa shape index (κ1) is 15.7. The number of hydrogen-bond acceptors (Lipinski definition) is 2. The molecule has 0 radical (unpaired) electrons. The zero-order valence-corrected chi connectivity index (χ0v) is 13.0. The molecule has 1 aromatic rings. The molecular formula is C16H26N2O. The Morgan fingerprint density at radius 2 is 1.68 bits per heavy atom. The highest BCUT2D eigenvalue weighted by atomic mass is 16.2. The molecule has 2 N–H and O–H groups in total. The Balaban J connectivity index is 2.80. The Kier molecular flexibility index (Phi) is 4.75. The fraction of sp³-hybridized carbons (Fsp3) is 0.562. The van der Waals surface area contributed by atoms with Crippen molar-refractivity contribution in [1.82, 2.24) is 4.90 Å². The van der Waals surface area contributed by atoms with Crippen molar-refractivity contribution in [2.75, 3.05) is 7.05 Å². The molecule has 3 nitrogen and oxygen atoms in total. The van der Waals surface area contributed by atoms with E-state index in [1.807, 2.05) is 20.9 Å². The number of rotatable bonds is 4. The van der Waals surface area contributed by atoms with E-state index < -0.39 is 5.54 Å². The monoisotopic (exact) mass is 262 g/mol. The van der Waals surface area contributed by atoms with E-state index in [1.54, 1.807) is 4.90 Å². The molecule has 0 saturated heterocycles. The summed E-state index contributed by atoms with van der Waals surface area (Å²) in [6, 6.07) is 4.35. The summed E-state index contributed by atoms with van der Waals surface area (Å²) in [5, 5.41) is 0. The lowest BCUT2D eigenvalue weighted by Gasteiger charge is -2.24. The van der Waals surface area contributed by atoms with Crippen molar-refractivity contribution in [1.29, 1.82) is 0 Å². The highest BCUT2D eigenvalue weighted by molar-refractivity contribution is 5.77. The third-order valence-electron chi connectivity index (χ3n) is 3.39. The summed E-state index contributed by atoms with van der Waals surface area (Å²) in [6.07, 6.45) is 0.368. The van der Waals surface area contributed by atoms with Crippen LogP contribution in [0.3, 0.4) is 0 Å². The minimum atomic E-state index is -0.455. The standard InChI is InChI=1S/C16H26N2O/c1-11-7-13(3)14(8-12(11)2)10-18(6)15(19)9-16(4,5)17/h7-8H,9-10,17H2,1-6H3. The van der Waals surface area contributed by atoms with Crippen LogP contribution >= 0.6 is 0 Å². The molecule has 1 amide bonds. The molecule has 19 heavy (non-hydrogen) atoms. The summed E-state index contributed by atoms with van der Waals surface area (Å²) < 4.78 is 0. The molecule has 3 heteroatoms. The smallest absolute Gasteiger partial charge is 0.224 e. The first-order chi connectivity index (χ1) is 8.60. The fourth-order valence-corrected chi connectivity index (χ4v) is 2.06. The summed E-state index contributed by atoms with van der Waals surface area (Å²) in [7, 11) is 1.84. The second-order valence-corrected chi connectivity index (χ2v) is 6.28. The van der Waals surface area contributed by atoms with E-state index in [0.717, 1.165) is 0 Å². The topological polar surface area (TPSA) is 46.3 Å². The fourth-order valence-electron chi connectivity index (χ4n) is 2.06. The van der Waals surface area contributed by atoms with Gasteiger partial charge in [-0.25, -0.2) is 0 Å². The van der Waals surface area contributed by atoms with Crippen molar-refractivity contribution in [3.05, 3.63) is 34.4 Å². The summed E-state index contributed by atoms with van der Waals surface area (Å²) >= 11 is 0. The van der Waals surface area contributed by atoms with Gasteiger partial charge < -0.3 is 10.6 Å². The predicted octanol–water partition coefficient (Wildman–Crippen LogP) is 2.70. The average molecular weight is 262 g/mol. The van der Waals surface area contributed by atoms with Crippen molar-refractivity contribution in [3.8, 4) is 0 Å². The van der Waals surface area contributed by atoms with Gasteiger partial charge in [-0.3, -0.25) is 4.79 Å². The third-order valence-corrected chi connectivity index (χ3v) is 3.39. The molecule has 0 aromatic heterocycles. The van der Waals surface area contributed by atoms with Gasteiger partial charge in [-0.15, -0.1) is 0 Å². The van der Waals surface area contributed by atoms with Crippen LogP contribution in [0.2, 0.25) is 0 Å². The Morgan fingerprint density at radius 1 is 1.16 bits per heavy atom. The Hall–Kier alpha value is -1.35. The lowest BCUT2D eigenvalue weighted by molar-refractivity contribution is -0.131. The number of aryl methyl sites for hydroxylation is 3. The first-order valence-electron chi connectivity index (χ1n) is 6.70. The van der Waals surface area contributed by atoms with Crippen molar-refractivity contribution < 1.29 is 4.79 Å². The molecule has 0 heterocycles. The maximum Gasteiger partial charge on any atom is 0.224 e. The largest absolute Gasteiger partial charge is 0.341 e. The van der Waals surface area contributed by atoms with Gasteiger partial charge in [0.2, 0.25) is 5.91 Å². The predicted molar refractivity (Wildman–Crippen MR) is 80.0 cm³/mol. The molecule has 0 aliphatic carbocycles. The molecule has 0 unspecified atom stereocenters. The van der Waals surface area contributed by atoms with E-state index in [-0.39, 0.29) is 5.91 Å². The third kappa shape index (κ3) is 4.67. The van der Waals surface area contributed by atoms with Crippen molar-refractivity contribution >= 4 is 5.91 Å². The van der Waals surface area contributed by atoms with Gasteiger partial charge in [0.25, 0.3) is 0 Å². The molecule has 0 spiro atoms. The summed E-state index contributed by atoms with van der Waals surface area (Å²) in [5.74, 6) is 0.0881. The molecule has 0 atom stereocenters. The Morgan fingerprint density at radius 3 is 2.21 bits per heavy atom. The van der Waals surface area contributed by atoms with Crippen LogP contribution in [0.15, 0.2) is 12.1 Å². The summed E-state index contributed by atoms with van der Waals surface area (Å²) in [5.41, 5.74) is 10.4. The SMILES string of the molecule is Cc1cc(C)c(CN(C)C(=O)CC(C)(C)N)cc1C. The van der Waals surface area contributed by atoms with Crippen LogP contribution in [-0.4, -0.2) is 23.4 Å². The van der Waals surface area contributed by atoms with Gasteiger partial charge in [-0.1, -0.05) is 12.1 Å². The number of carbonyl (C=O) groups is 1. The van der Waals surface area contributed by atoms with Gasteiger partial charge in [0.15, 0.2) is 0 Å². The van der Waals surface area contributed by atoms with E-state index >= 15 is 0 Å². The zero-order chi connectivity index (χ0) is 14.8.